The van der Waals surface area contributed by atoms with Crippen LogP contribution in [0, 0.1) is 0 Å². The van der Waals surface area contributed by atoms with Crippen LogP contribution in [-0.4, -0.2) is 44.7 Å². The van der Waals surface area contributed by atoms with E-state index >= 15 is 0 Å². The van der Waals surface area contributed by atoms with Crippen molar-refractivity contribution in [3.05, 3.63) is 29.8 Å². The van der Waals surface area contributed by atoms with Gasteiger partial charge in [0.1, 0.15) is 0 Å². The molecule has 1 aromatic rings. The largest absolute Gasteiger partial charge is 0.385 e. The number of carbonyl (C=O) groups is 2. The fourth-order valence-corrected chi connectivity index (χ4v) is 1.85. The molecule has 0 aliphatic heterocycles. The van der Waals surface area contributed by atoms with Crippen LogP contribution in [0.15, 0.2) is 24.3 Å². The molecule has 0 saturated carbocycles. The highest BCUT2D eigenvalue weighted by Crippen LogP contribution is 2.10. The van der Waals surface area contributed by atoms with Crippen molar-refractivity contribution in [1.82, 2.24) is 10.6 Å². The molecule has 1 rings (SSSR count). The molecule has 0 unspecified atom stereocenters. The van der Waals surface area contributed by atoms with E-state index < -0.39 is 0 Å². The molecule has 0 spiro atoms. The molecule has 3 N–H and O–H groups in total. The molecular weight excluding hydrogens is 282 g/mol. The second-order valence-electron chi connectivity index (χ2n) is 5.26. The molecule has 0 fully saturated rings. The molecule has 0 aliphatic carbocycles. The van der Waals surface area contributed by atoms with E-state index in [-0.39, 0.29) is 24.4 Å². The maximum absolute atomic E-state index is 12.0. The number of nitrogens with one attached hydrogen (secondary N) is 3. The summed E-state index contributed by atoms with van der Waals surface area (Å²) in [5.74, 6) is -0.212. The number of hydrogen-bond donors (Lipinski definition) is 3. The number of benzene rings is 1. The molecule has 0 aliphatic rings. The average Bonchev–Trinajstić information content (AvgIpc) is 2.49. The standard InChI is InChI=1S/C16H25N3O3/c1-12(2)19-15(20)11-18-14-7-4-6-13(10-14)16(21)17-8-5-9-22-3/h4,6-7,10,12,18H,5,8-9,11H2,1-3H3,(H,17,21)(H,19,20). The fraction of sp³-hybridized carbons (Fsp3) is 0.500. The van der Waals surface area contributed by atoms with Crippen molar-refractivity contribution in [2.45, 2.75) is 26.3 Å². The van der Waals surface area contributed by atoms with Gasteiger partial charge in [-0.05, 0) is 38.5 Å². The summed E-state index contributed by atoms with van der Waals surface area (Å²) in [5, 5.41) is 8.63. The smallest absolute Gasteiger partial charge is 0.251 e. The maximum Gasteiger partial charge on any atom is 0.251 e. The van der Waals surface area contributed by atoms with Gasteiger partial charge in [0, 0.05) is 37.6 Å². The third-order valence-electron chi connectivity index (χ3n) is 2.84. The first-order valence-electron chi connectivity index (χ1n) is 7.43. The molecule has 0 atom stereocenters. The summed E-state index contributed by atoms with van der Waals surface area (Å²) in [6, 6.07) is 7.19. The van der Waals surface area contributed by atoms with E-state index in [1.165, 1.54) is 0 Å². The molecule has 22 heavy (non-hydrogen) atoms. The summed E-state index contributed by atoms with van der Waals surface area (Å²) < 4.78 is 4.93. The van der Waals surface area contributed by atoms with E-state index in [1.54, 1.807) is 25.3 Å². The van der Waals surface area contributed by atoms with Crippen LogP contribution < -0.4 is 16.0 Å². The number of amides is 2. The zero-order valence-corrected chi connectivity index (χ0v) is 13.4. The third kappa shape index (κ3) is 7.08. The quantitative estimate of drug-likeness (QED) is 0.602. The SMILES string of the molecule is COCCCNC(=O)c1cccc(NCC(=O)NC(C)C)c1. The summed E-state index contributed by atoms with van der Waals surface area (Å²) >= 11 is 0. The molecule has 6 heteroatoms. The van der Waals surface area contributed by atoms with Gasteiger partial charge in [0.2, 0.25) is 5.91 Å². The highest BCUT2D eigenvalue weighted by molar-refractivity contribution is 5.95. The maximum atomic E-state index is 12.0. The van der Waals surface area contributed by atoms with Crippen LogP contribution >= 0.6 is 0 Å². The van der Waals surface area contributed by atoms with Crippen molar-refractivity contribution in [3.8, 4) is 0 Å². The monoisotopic (exact) mass is 307 g/mol. The van der Waals surface area contributed by atoms with E-state index in [0.717, 1.165) is 12.1 Å². The van der Waals surface area contributed by atoms with Crippen LogP contribution in [0.2, 0.25) is 0 Å². The minimum atomic E-state index is -0.133. The van der Waals surface area contributed by atoms with Crippen molar-refractivity contribution in [3.63, 3.8) is 0 Å². The number of anilines is 1. The number of hydrogen-bond acceptors (Lipinski definition) is 4. The van der Waals surface area contributed by atoms with Gasteiger partial charge < -0.3 is 20.7 Å². The van der Waals surface area contributed by atoms with E-state index in [4.69, 9.17) is 4.74 Å². The normalized spacial score (nSPS) is 10.4. The number of rotatable bonds is 9. The molecule has 0 heterocycles. The summed E-state index contributed by atoms with van der Waals surface area (Å²) in [6.07, 6.45) is 0.773. The lowest BCUT2D eigenvalue weighted by Gasteiger charge is -2.11. The Morgan fingerprint density at radius 1 is 1.27 bits per heavy atom. The van der Waals surface area contributed by atoms with Gasteiger partial charge in [0.05, 0.1) is 6.54 Å². The first-order valence-corrected chi connectivity index (χ1v) is 7.43. The van der Waals surface area contributed by atoms with Crippen LogP contribution in [0.3, 0.4) is 0 Å². The molecule has 0 aromatic heterocycles. The molecule has 0 saturated heterocycles. The zero-order chi connectivity index (χ0) is 16.4. The molecular formula is C16H25N3O3. The lowest BCUT2D eigenvalue weighted by Crippen LogP contribution is -2.34. The number of methoxy groups -OCH3 is 1. The fourth-order valence-electron chi connectivity index (χ4n) is 1.85. The average molecular weight is 307 g/mol. The Morgan fingerprint density at radius 2 is 2.05 bits per heavy atom. The van der Waals surface area contributed by atoms with Gasteiger partial charge in [0.25, 0.3) is 5.91 Å². The van der Waals surface area contributed by atoms with E-state index in [9.17, 15) is 9.59 Å². The summed E-state index contributed by atoms with van der Waals surface area (Å²) in [7, 11) is 1.63. The minimum absolute atomic E-state index is 0.0792. The van der Waals surface area contributed by atoms with E-state index in [1.807, 2.05) is 19.9 Å². The van der Waals surface area contributed by atoms with E-state index in [0.29, 0.717) is 18.7 Å². The Labute approximate surface area is 131 Å². The molecule has 0 radical (unpaired) electrons. The van der Waals surface area contributed by atoms with Crippen molar-refractivity contribution in [2.24, 2.45) is 0 Å². The lowest BCUT2D eigenvalue weighted by atomic mass is 10.2. The van der Waals surface area contributed by atoms with Gasteiger partial charge in [-0.1, -0.05) is 6.07 Å². The third-order valence-corrected chi connectivity index (χ3v) is 2.84. The summed E-state index contributed by atoms with van der Waals surface area (Å²) in [4.78, 5) is 23.6. The minimum Gasteiger partial charge on any atom is -0.385 e. The van der Waals surface area contributed by atoms with Crippen LogP contribution in [0.1, 0.15) is 30.6 Å². The van der Waals surface area contributed by atoms with Crippen LogP contribution in [0.4, 0.5) is 5.69 Å². The van der Waals surface area contributed by atoms with Gasteiger partial charge in [-0.25, -0.2) is 0 Å². The highest BCUT2D eigenvalue weighted by atomic mass is 16.5. The molecule has 0 bridgehead atoms. The second-order valence-corrected chi connectivity index (χ2v) is 5.26. The topological polar surface area (TPSA) is 79.5 Å². The Kier molecular flexibility index (Phi) is 7.99. The van der Waals surface area contributed by atoms with Crippen molar-refractivity contribution >= 4 is 17.5 Å². The first-order chi connectivity index (χ1) is 10.5. The Bertz CT molecular complexity index is 489. The molecule has 2 amide bonds. The number of ether oxygens (including phenoxy) is 1. The lowest BCUT2D eigenvalue weighted by molar-refractivity contribution is -0.119. The van der Waals surface area contributed by atoms with Gasteiger partial charge in [-0.2, -0.15) is 0 Å². The van der Waals surface area contributed by atoms with Crippen molar-refractivity contribution in [1.29, 1.82) is 0 Å². The van der Waals surface area contributed by atoms with Crippen molar-refractivity contribution in [2.75, 3.05) is 32.1 Å². The van der Waals surface area contributed by atoms with Gasteiger partial charge in [-0.3, -0.25) is 9.59 Å². The zero-order valence-electron chi connectivity index (χ0n) is 13.4. The Balaban J connectivity index is 2.47. The van der Waals surface area contributed by atoms with Crippen LogP contribution in [0.25, 0.3) is 0 Å². The predicted octanol–water partition coefficient (Wildman–Crippen LogP) is 1.39. The van der Waals surface area contributed by atoms with Gasteiger partial charge in [-0.15, -0.1) is 0 Å². The van der Waals surface area contributed by atoms with E-state index in [2.05, 4.69) is 16.0 Å². The molecule has 1 aromatic carbocycles. The summed E-state index contributed by atoms with van der Waals surface area (Å²) in [5.41, 5.74) is 1.30. The van der Waals surface area contributed by atoms with Gasteiger partial charge in [0.15, 0.2) is 0 Å². The van der Waals surface area contributed by atoms with Crippen molar-refractivity contribution < 1.29 is 14.3 Å². The number of carbonyl (C=O) groups excluding carboxylic acids is 2. The van der Waals surface area contributed by atoms with Crippen LogP contribution in [0.5, 0.6) is 0 Å². The first kappa shape index (κ1) is 18.0. The predicted molar refractivity (Wildman–Crippen MR) is 87.0 cm³/mol. The molecule has 6 nitrogen and oxygen atoms in total. The molecule has 122 valence electrons. The van der Waals surface area contributed by atoms with Gasteiger partial charge >= 0.3 is 0 Å². The Hall–Kier alpha value is -2.08. The Morgan fingerprint density at radius 3 is 2.73 bits per heavy atom. The summed E-state index contributed by atoms with van der Waals surface area (Å²) in [6.45, 7) is 5.18. The highest BCUT2D eigenvalue weighted by Gasteiger charge is 2.07. The second kappa shape index (κ2) is 9.78. The van der Waals surface area contributed by atoms with Crippen LogP contribution in [-0.2, 0) is 9.53 Å².